The van der Waals surface area contributed by atoms with Crippen LogP contribution in [0.2, 0.25) is 0 Å². The number of aromatic nitrogens is 4. The molecular formula is C22H23N5O4. The van der Waals surface area contributed by atoms with Crippen LogP contribution in [-0.4, -0.2) is 57.4 Å². The Morgan fingerprint density at radius 3 is 2.71 bits per heavy atom. The molecule has 0 saturated carbocycles. The van der Waals surface area contributed by atoms with Gasteiger partial charge in [-0.15, -0.1) is 0 Å². The van der Waals surface area contributed by atoms with Gasteiger partial charge >= 0.3 is 0 Å². The number of morpholine rings is 1. The molecule has 0 N–H and O–H groups in total. The monoisotopic (exact) mass is 421 g/mol. The molecule has 0 bridgehead atoms. The molecule has 3 heterocycles. The molecule has 1 aliphatic heterocycles. The van der Waals surface area contributed by atoms with Gasteiger partial charge in [0.1, 0.15) is 18.4 Å². The summed E-state index contributed by atoms with van der Waals surface area (Å²) in [5.74, 6) is 0.559. The molecule has 2 aromatic heterocycles. The summed E-state index contributed by atoms with van der Waals surface area (Å²) in [5, 5.41) is 4.15. The molecule has 0 aliphatic carbocycles. The molecule has 160 valence electrons. The zero-order valence-corrected chi connectivity index (χ0v) is 17.4. The topological polar surface area (TPSA) is 99.4 Å². The zero-order valence-electron chi connectivity index (χ0n) is 17.4. The highest BCUT2D eigenvalue weighted by atomic mass is 16.5. The second-order valence-electron chi connectivity index (χ2n) is 7.19. The van der Waals surface area contributed by atoms with E-state index in [-0.39, 0.29) is 18.0 Å². The van der Waals surface area contributed by atoms with Gasteiger partial charge in [-0.3, -0.25) is 19.6 Å². The van der Waals surface area contributed by atoms with Crippen LogP contribution in [0.15, 0.2) is 53.6 Å². The van der Waals surface area contributed by atoms with E-state index in [4.69, 9.17) is 9.47 Å². The maximum atomic E-state index is 12.9. The van der Waals surface area contributed by atoms with Crippen LogP contribution in [0.25, 0.3) is 11.3 Å². The first-order valence-corrected chi connectivity index (χ1v) is 9.94. The Labute approximate surface area is 179 Å². The highest BCUT2D eigenvalue weighted by Gasteiger charge is 2.29. The van der Waals surface area contributed by atoms with Gasteiger partial charge in [0, 0.05) is 30.6 Å². The van der Waals surface area contributed by atoms with Crippen molar-refractivity contribution in [1.82, 2.24) is 24.6 Å². The van der Waals surface area contributed by atoms with E-state index in [9.17, 15) is 9.59 Å². The summed E-state index contributed by atoms with van der Waals surface area (Å²) in [5.41, 5.74) is 2.61. The fourth-order valence-electron chi connectivity index (χ4n) is 3.49. The lowest BCUT2D eigenvalue weighted by Gasteiger charge is -2.33. The molecule has 4 rings (SSSR count). The van der Waals surface area contributed by atoms with Crippen molar-refractivity contribution in [2.75, 3.05) is 26.8 Å². The molecule has 1 fully saturated rings. The van der Waals surface area contributed by atoms with Gasteiger partial charge in [-0.2, -0.15) is 5.10 Å². The number of aryl methyl sites for hydroxylation is 1. The highest BCUT2D eigenvalue weighted by molar-refractivity contribution is 5.76. The van der Waals surface area contributed by atoms with Gasteiger partial charge in [0.05, 0.1) is 37.3 Å². The lowest BCUT2D eigenvalue weighted by molar-refractivity contribution is -0.140. The van der Waals surface area contributed by atoms with E-state index >= 15 is 0 Å². The van der Waals surface area contributed by atoms with Gasteiger partial charge in [0.2, 0.25) is 5.91 Å². The van der Waals surface area contributed by atoms with Crippen LogP contribution in [0.3, 0.4) is 0 Å². The number of carbonyl (C=O) groups is 1. The number of amides is 1. The maximum absolute atomic E-state index is 12.9. The molecule has 0 radical (unpaired) electrons. The van der Waals surface area contributed by atoms with Crippen molar-refractivity contribution in [2.45, 2.75) is 19.6 Å². The zero-order chi connectivity index (χ0) is 21.8. The molecule has 1 saturated heterocycles. The summed E-state index contributed by atoms with van der Waals surface area (Å²) in [6, 6.07) is 10.6. The van der Waals surface area contributed by atoms with E-state index in [1.807, 2.05) is 24.3 Å². The van der Waals surface area contributed by atoms with Crippen molar-refractivity contribution in [2.24, 2.45) is 0 Å². The van der Waals surface area contributed by atoms with Crippen LogP contribution >= 0.6 is 0 Å². The van der Waals surface area contributed by atoms with Crippen LogP contribution in [0.5, 0.6) is 5.75 Å². The van der Waals surface area contributed by atoms with Gasteiger partial charge in [-0.05, 0) is 37.3 Å². The minimum atomic E-state index is -0.425. The second-order valence-corrected chi connectivity index (χ2v) is 7.19. The lowest BCUT2D eigenvalue weighted by atomic mass is 10.0. The first kappa shape index (κ1) is 20.7. The van der Waals surface area contributed by atoms with Gasteiger partial charge in [0.25, 0.3) is 5.56 Å². The summed E-state index contributed by atoms with van der Waals surface area (Å²) in [6.45, 7) is 2.79. The molecule has 0 unspecified atom stereocenters. The summed E-state index contributed by atoms with van der Waals surface area (Å²) < 4.78 is 12.3. The average molecular weight is 421 g/mol. The summed E-state index contributed by atoms with van der Waals surface area (Å²) >= 11 is 0. The molecule has 31 heavy (non-hydrogen) atoms. The van der Waals surface area contributed by atoms with Crippen LogP contribution in [0.1, 0.15) is 17.5 Å². The van der Waals surface area contributed by atoms with Crippen LogP contribution in [-0.2, 0) is 16.1 Å². The Balaban J connectivity index is 1.54. The molecular weight excluding hydrogens is 398 g/mol. The van der Waals surface area contributed by atoms with Crippen molar-refractivity contribution in [3.05, 3.63) is 70.5 Å². The van der Waals surface area contributed by atoms with E-state index in [1.54, 1.807) is 37.4 Å². The summed E-state index contributed by atoms with van der Waals surface area (Å²) in [4.78, 5) is 35.5. The predicted octanol–water partition coefficient (Wildman–Crippen LogP) is 1.62. The summed E-state index contributed by atoms with van der Waals surface area (Å²) in [6.07, 6.45) is 2.82. The molecule has 0 spiro atoms. The largest absolute Gasteiger partial charge is 0.497 e. The SMILES string of the molecule is COc1ccc(-c2nccnc2[C@@H]2CN(C(=O)Cn3nc(C)ccc3=O)CCO2)cc1. The number of ether oxygens (including phenoxy) is 2. The predicted molar refractivity (Wildman–Crippen MR) is 113 cm³/mol. The fourth-order valence-corrected chi connectivity index (χ4v) is 3.49. The van der Waals surface area contributed by atoms with Crippen LogP contribution in [0, 0.1) is 6.92 Å². The van der Waals surface area contributed by atoms with Crippen LogP contribution < -0.4 is 10.3 Å². The van der Waals surface area contributed by atoms with E-state index in [2.05, 4.69) is 15.1 Å². The van der Waals surface area contributed by atoms with Crippen molar-refractivity contribution in [3.63, 3.8) is 0 Å². The Morgan fingerprint density at radius 1 is 1.16 bits per heavy atom. The standard InChI is InChI=1S/C22H23N5O4/c1-15-3-8-19(28)27(25-15)14-20(29)26-11-12-31-18(13-26)22-21(23-9-10-24-22)16-4-6-17(30-2)7-5-16/h3-10,18H,11-14H2,1-2H3/t18-/m0/s1. The molecule has 1 aliphatic rings. The average Bonchev–Trinajstić information content (AvgIpc) is 2.81. The number of rotatable bonds is 5. The van der Waals surface area contributed by atoms with E-state index < -0.39 is 6.10 Å². The van der Waals surface area contributed by atoms with Crippen molar-refractivity contribution >= 4 is 5.91 Å². The second kappa shape index (κ2) is 9.05. The highest BCUT2D eigenvalue weighted by Crippen LogP contribution is 2.30. The number of carbonyl (C=O) groups excluding carboxylic acids is 1. The van der Waals surface area contributed by atoms with Gasteiger partial charge in [-0.1, -0.05) is 0 Å². The van der Waals surface area contributed by atoms with Crippen LogP contribution in [0.4, 0.5) is 0 Å². The lowest BCUT2D eigenvalue weighted by Crippen LogP contribution is -2.45. The minimum Gasteiger partial charge on any atom is -0.497 e. The molecule has 1 aromatic carbocycles. The Bertz CT molecular complexity index is 1130. The molecule has 1 atom stereocenters. The van der Waals surface area contributed by atoms with Gasteiger partial charge in [-0.25, -0.2) is 4.68 Å². The third-order valence-electron chi connectivity index (χ3n) is 5.10. The Morgan fingerprint density at radius 2 is 1.94 bits per heavy atom. The smallest absolute Gasteiger partial charge is 0.267 e. The van der Waals surface area contributed by atoms with Crippen molar-refractivity contribution in [1.29, 1.82) is 0 Å². The van der Waals surface area contributed by atoms with E-state index in [0.717, 1.165) is 11.3 Å². The van der Waals surface area contributed by atoms with E-state index in [0.29, 0.717) is 36.8 Å². The number of benzene rings is 1. The molecule has 9 nitrogen and oxygen atoms in total. The fraction of sp³-hybridized carbons (Fsp3) is 0.318. The number of nitrogens with zero attached hydrogens (tertiary/aromatic N) is 5. The quantitative estimate of drug-likeness (QED) is 0.617. The molecule has 1 amide bonds. The Hall–Kier alpha value is -3.59. The first-order valence-electron chi connectivity index (χ1n) is 9.94. The Kier molecular flexibility index (Phi) is 6.03. The maximum Gasteiger partial charge on any atom is 0.267 e. The minimum absolute atomic E-state index is 0.112. The van der Waals surface area contributed by atoms with E-state index in [1.165, 1.54) is 10.7 Å². The third kappa shape index (κ3) is 4.61. The number of methoxy groups -OCH3 is 1. The number of hydrogen-bond donors (Lipinski definition) is 0. The molecule has 9 heteroatoms. The van der Waals surface area contributed by atoms with Crippen molar-refractivity contribution in [3.8, 4) is 17.0 Å². The molecule has 3 aromatic rings. The first-order chi connectivity index (χ1) is 15.0. The number of hydrogen-bond acceptors (Lipinski definition) is 7. The van der Waals surface area contributed by atoms with Crippen molar-refractivity contribution < 1.29 is 14.3 Å². The normalized spacial score (nSPS) is 16.2. The third-order valence-corrected chi connectivity index (χ3v) is 5.10. The summed E-state index contributed by atoms with van der Waals surface area (Å²) in [7, 11) is 1.62. The van der Waals surface area contributed by atoms with Gasteiger partial charge < -0.3 is 14.4 Å². The van der Waals surface area contributed by atoms with Gasteiger partial charge in [0.15, 0.2) is 0 Å².